The normalized spacial score (nSPS) is 14.3. The largest absolute Gasteiger partial charge is 0.450 e. The molecule has 0 aliphatic carbocycles. The van der Waals surface area contributed by atoms with Crippen LogP contribution in [0.3, 0.4) is 0 Å². The zero-order chi connectivity index (χ0) is 20.1. The van der Waals surface area contributed by atoms with Crippen molar-refractivity contribution in [3.8, 4) is 0 Å². The van der Waals surface area contributed by atoms with E-state index in [0.29, 0.717) is 31.6 Å². The second-order valence-corrected chi connectivity index (χ2v) is 7.23. The number of hydrogen-bond donors (Lipinski definition) is 1. The van der Waals surface area contributed by atoms with Gasteiger partial charge in [0.05, 0.1) is 6.61 Å². The second kappa shape index (κ2) is 8.91. The smallest absolute Gasteiger partial charge is 0.409 e. The molecule has 0 atom stereocenters. The van der Waals surface area contributed by atoms with Crippen LogP contribution in [0.25, 0.3) is 0 Å². The third-order valence-corrected chi connectivity index (χ3v) is 4.80. The first-order valence-electron chi connectivity index (χ1n) is 9.86. The van der Waals surface area contributed by atoms with Gasteiger partial charge in [-0.05, 0) is 31.4 Å². The van der Waals surface area contributed by atoms with Crippen LogP contribution < -0.4 is 10.2 Å². The molecule has 1 saturated heterocycles. The summed E-state index contributed by atoms with van der Waals surface area (Å²) in [5, 5.41) is 3.38. The molecule has 1 aromatic carbocycles. The Balaban J connectivity index is 1.74. The van der Waals surface area contributed by atoms with Gasteiger partial charge < -0.3 is 19.9 Å². The van der Waals surface area contributed by atoms with Gasteiger partial charge in [-0.25, -0.2) is 9.78 Å². The highest BCUT2D eigenvalue weighted by Gasteiger charge is 2.23. The molecule has 0 radical (unpaired) electrons. The molecule has 7 heteroatoms. The first-order chi connectivity index (χ1) is 13.5. The van der Waals surface area contributed by atoms with Crippen LogP contribution in [0.15, 0.2) is 30.3 Å². The van der Waals surface area contributed by atoms with Crippen LogP contribution in [0.1, 0.15) is 37.9 Å². The van der Waals surface area contributed by atoms with Gasteiger partial charge in [0.2, 0.25) is 5.95 Å². The fourth-order valence-electron chi connectivity index (χ4n) is 3.34. The summed E-state index contributed by atoms with van der Waals surface area (Å²) in [5.41, 5.74) is 3.17. The molecule has 0 spiro atoms. The minimum atomic E-state index is -0.242. The summed E-state index contributed by atoms with van der Waals surface area (Å²) in [5.74, 6) is 1.88. The van der Waals surface area contributed by atoms with E-state index >= 15 is 0 Å². The predicted octanol–water partition coefficient (Wildman–Crippen LogP) is 3.93. The lowest BCUT2D eigenvalue weighted by Crippen LogP contribution is -2.49. The third-order valence-electron chi connectivity index (χ3n) is 4.80. The highest BCUT2D eigenvalue weighted by atomic mass is 16.6. The van der Waals surface area contributed by atoms with Crippen LogP contribution in [0.5, 0.6) is 0 Å². The van der Waals surface area contributed by atoms with Gasteiger partial charge in [0.25, 0.3) is 0 Å². The molecular formula is C21H29N5O2. The molecule has 2 heterocycles. The van der Waals surface area contributed by atoms with E-state index < -0.39 is 0 Å². The molecular weight excluding hydrogens is 354 g/mol. The summed E-state index contributed by atoms with van der Waals surface area (Å²) in [6.07, 6.45) is -0.242. The number of rotatable bonds is 5. The van der Waals surface area contributed by atoms with Gasteiger partial charge in [-0.1, -0.05) is 32.0 Å². The van der Waals surface area contributed by atoms with Gasteiger partial charge in [-0.15, -0.1) is 0 Å². The van der Waals surface area contributed by atoms with E-state index in [9.17, 15) is 4.79 Å². The molecule has 1 aromatic heterocycles. The number of aryl methyl sites for hydroxylation is 1. The Morgan fingerprint density at radius 1 is 1.18 bits per heavy atom. The van der Waals surface area contributed by atoms with Gasteiger partial charge >= 0.3 is 6.09 Å². The van der Waals surface area contributed by atoms with Crippen LogP contribution >= 0.6 is 0 Å². The van der Waals surface area contributed by atoms with Crippen molar-refractivity contribution in [1.29, 1.82) is 0 Å². The van der Waals surface area contributed by atoms with E-state index in [-0.39, 0.29) is 6.09 Å². The first-order valence-corrected chi connectivity index (χ1v) is 9.86. The summed E-state index contributed by atoms with van der Waals surface area (Å²) >= 11 is 0. The lowest BCUT2D eigenvalue weighted by Gasteiger charge is -2.34. The monoisotopic (exact) mass is 383 g/mol. The predicted molar refractivity (Wildman–Crippen MR) is 111 cm³/mol. The summed E-state index contributed by atoms with van der Waals surface area (Å²) in [6.45, 7) is 11.2. The Labute approximate surface area is 166 Å². The number of piperazine rings is 1. The molecule has 0 unspecified atom stereocenters. The number of anilines is 3. The molecule has 0 bridgehead atoms. The minimum absolute atomic E-state index is 0.242. The van der Waals surface area contributed by atoms with Gasteiger partial charge in [-0.3, -0.25) is 0 Å². The molecule has 1 N–H and O–H groups in total. The summed E-state index contributed by atoms with van der Waals surface area (Å²) in [6, 6.07) is 10.2. The average Bonchev–Trinajstić information content (AvgIpc) is 2.68. The highest BCUT2D eigenvalue weighted by molar-refractivity contribution is 5.68. The third kappa shape index (κ3) is 4.71. The number of amides is 1. The molecule has 1 amide bonds. The number of hydrogen-bond acceptors (Lipinski definition) is 6. The topological polar surface area (TPSA) is 70.6 Å². The van der Waals surface area contributed by atoms with Crippen LogP contribution in [-0.4, -0.2) is 53.7 Å². The van der Waals surface area contributed by atoms with Crippen molar-refractivity contribution >= 4 is 23.5 Å². The van der Waals surface area contributed by atoms with Gasteiger partial charge in [0.1, 0.15) is 5.82 Å². The van der Waals surface area contributed by atoms with Crippen molar-refractivity contribution in [1.82, 2.24) is 14.9 Å². The van der Waals surface area contributed by atoms with Crippen LogP contribution in [-0.2, 0) is 4.74 Å². The molecule has 1 aliphatic heterocycles. The Bertz CT molecular complexity index is 816. The van der Waals surface area contributed by atoms with Crippen molar-refractivity contribution < 1.29 is 9.53 Å². The lowest BCUT2D eigenvalue weighted by atomic mass is 10.0. The first kappa shape index (κ1) is 19.9. The van der Waals surface area contributed by atoms with Crippen molar-refractivity contribution in [2.75, 3.05) is 43.0 Å². The van der Waals surface area contributed by atoms with E-state index in [2.05, 4.69) is 41.2 Å². The van der Waals surface area contributed by atoms with Crippen LogP contribution in [0.4, 0.5) is 22.2 Å². The Hall–Kier alpha value is -2.83. The number of nitrogens with zero attached hydrogens (tertiary/aromatic N) is 4. The maximum absolute atomic E-state index is 11.9. The lowest BCUT2D eigenvalue weighted by molar-refractivity contribution is 0.105. The summed E-state index contributed by atoms with van der Waals surface area (Å²) < 4.78 is 5.09. The quantitative estimate of drug-likeness (QED) is 0.844. The van der Waals surface area contributed by atoms with E-state index in [1.54, 1.807) is 4.90 Å². The van der Waals surface area contributed by atoms with Crippen LogP contribution in [0.2, 0.25) is 0 Å². The number of ether oxygens (including phenoxy) is 1. The number of benzene rings is 1. The highest BCUT2D eigenvalue weighted by Crippen LogP contribution is 2.26. The Morgan fingerprint density at radius 2 is 1.89 bits per heavy atom. The summed E-state index contributed by atoms with van der Waals surface area (Å²) in [7, 11) is 0. The number of carbonyl (C=O) groups excluding carboxylic acids is 1. The van der Waals surface area contributed by atoms with Gasteiger partial charge in [-0.2, -0.15) is 4.98 Å². The fraction of sp³-hybridized carbons (Fsp3) is 0.476. The van der Waals surface area contributed by atoms with Crippen molar-refractivity contribution in [2.24, 2.45) is 0 Å². The van der Waals surface area contributed by atoms with E-state index in [1.165, 1.54) is 5.56 Å². The van der Waals surface area contributed by atoms with Gasteiger partial charge in [0, 0.05) is 43.6 Å². The second-order valence-electron chi connectivity index (χ2n) is 7.23. The molecule has 3 rings (SSSR count). The molecule has 1 fully saturated rings. The zero-order valence-electron chi connectivity index (χ0n) is 17.1. The van der Waals surface area contributed by atoms with Crippen molar-refractivity contribution in [2.45, 2.75) is 33.6 Å². The maximum Gasteiger partial charge on any atom is 0.409 e. The van der Waals surface area contributed by atoms with Crippen molar-refractivity contribution in [3.63, 3.8) is 0 Å². The number of carbonyl (C=O) groups is 1. The van der Waals surface area contributed by atoms with Crippen LogP contribution in [0, 0.1) is 6.92 Å². The average molecular weight is 383 g/mol. The molecule has 150 valence electrons. The zero-order valence-corrected chi connectivity index (χ0v) is 17.1. The number of para-hydroxylation sites is 1. The maximum atomic E-state index is 11.9. The van der Waals surface area contributed by atoms with E-state index in [1.807, 2.05) is 32.0 Å². The fourth-order valence-corrected chi connectivity index (χ4v) is 3.34. The molecule has 7 nitrogen and oxygen atoms in total. The van der Waals surface area contributed by atoms with Gasteiger partial charge in [0.15, 0.2) is 0 Å². The van der Waals surface area contributed by atoms with E-state index in [4.69, 9.17) is 9.72 Å². The molecule has 0 saturated carbocycles. The standard InChI is InChI=1S/C21H29N5O2/c1-5-28-21(27)26-12-10-25(11-13-26)19-14-16(4)22-20(24-19)23-18-9-7-6-8-17(18)15(2)3/h6-9,14-15H,5,10-13H2,1-4H3,(H,22,23,24). The number of nitrogens with one attached hydrogen (secondary N) is 1. The minimum Gasteiger partial charge on any atom is -0.450 e. The van der Waals surface area contributed by atoms with Crippen molar-refractivity contribution in [3.05, 3.63) is 41.6 Å². The Morgan fingerprint density at radius 3 is 2.57 bits per heavy atom. The SMILES string of the molecule is CCOC(=O)N1CCN(c2cc(C)nc(Nc3ccccc3C(C)C)n2)CC1. The summed E-state index contributed by atoms with van der Waals surface area (Å²) in [4.78, 5) is 25.1. The Kier molecular flexibility index (Phi) is 6.34. The molecule has 28 heavy (non-hydrogen) atoms. The number of aromatic nitrogens is 2. The van der Waals surface area contributed by atoms with E-state index in [0.717, 1.165) is 30.3 Å². The molecule has 1 aliphatic rings. The molecule has 2 aromatic rings.